The fraction of sp³-hybridized carbons (Fsp3) is 0.562. The largest absolute Gasteiger partial charge is 0.481 e. The number of halogens is 1. The van der Waals surface area contributed by atoms with Crippen molar-refractivity contribution in [1.29, 1.82) is 0 Å². The third-order valence-corrected chi connectivity index (χ3v) is 3.87. The molecule has 1 rings (SSSR count). The van der Waals surface area contributed by atoms with Crippen LogP contribution in [0.2, 0.25) is 0 Å². The van der Waals surface area contributed by atoms with Gasteiger partial charge in [-0.1, -0.05) is 29.3 Å². The van der Waals surface area contributed by atoms with Crippen LogP contribution in [0.5, 0.6) is 5.75 Å². The number of hydrogen-bond acceptors (Lipinski definition) is 3. The number of carbonyl (C=O) groups is 1. The van der Waals surface area contributed by atoms with Crippen LogP contribution in [0.3, 0.4) is 0 Å². The zero-order valence-electron chi connectivity index (χ0n) is 13.2. The lowest BCUT2D eigenvalue weighted by molar-refractivity contribution is -0.127. The zero-order valence-corrected chi connectivity index (χ0v) is 14.8. The molecule has 0 fully saturated rings. The van der Waals surface area contributed by atoms with Crippen molar-refractivity contribution >= 4 is 21.8 Å². The number of ether oxygens (including phenoxy) is 1. The molecule has 0 aliphatic heterocycles. The number of nitrogens with one attached hydrogen (secondary N) is 2. The summed E-state index contributed by atoms with van der Waals surface area (Å²) in [6.45, 7) is 6.63. The molecule has 0 heterocycles. The minimum atomic E-state index is -0.508. The van der Waals surface area contributed by atoms with Crippen LogP contribution >= 0.6 is 15.9 Å². The predicted molar refractivity (Wildman–Crippen MR) is 89.6 cm³/mol. The van der Waals surface area contributed by atoms with Gasteiger partial charge < -0.3 is 15.4 Å². The average Bonchev–Trinajstić information content (AvgIpc) is 2.48. The monoisotopic (exact) mass is 356 g/mol. The molecule has 1 aromatic carbocycles. The van der Waals surface area contributed by atoms with E-state index in [1.807, 2.05) is 25.2 Å². The fourth-order valence-electron chi connectivity index (χ4n) is 1.90. The molecule has 0 aliphatic rings. The molecule has 4 nitrogen and oxygen atoms in total. The highest BCUT2D eigenvalue weighted by Crippen LogP contribution is 2.29. The van der Waals surface area contributed by atoms with Crippen molar-refractivity contribution < 1.29 is 9.53 Å². The van der Waals surface area contributed by atoms with Gasteiger partial charge in [-0.2, -0.15) is 0 Å². The number of carbonyl (C=O) groups excluding carboxylic acids is 1. The van der Waals surface area contributed by atoms with E-state index in [2.05, 4.69) is 40.4 Å². The van der Waals surface area contributed by atoms with Gasteiger partial charge in [0.1, 0.15) is 5.75 Å². The molecule has 1 aromatic rings. The lowest BCUT2D eigenvalue weighted by atomic mass is 10.1. The van der Waals surface area contributed by atoms with Crippen molar-refractivity contribution in [3.63, 3.8) is 0 Å². The standard InChI is InChI=1S/C16H25BrN2O2/c1-5-6-9-19-16(20)12(3)21-15-8-7-13(17)10-14(15)11(2)18-4/h7-8,10-12,18H,5-6,9H2,1-4H3,(H,19,20). The maximum atomic E-state index is 12.0. The van der Waals surface area contributed by atoms with Gasteiger partial charge in [0.05, 0.1) is 0 Å². The van der Waals surface area contributed by atoms with Crippen molar-refractivity contribution in [2.24, 2.45) is 0 Å². The second kappa shape index (κ2) is 9.05. The number of hydrogen-bond donors (Lipinski definition) is 2. The summed E-state index contributed by atoms with van der Waals surface area (Å²) in [6.07, 6.45) is 1.54. The number of unbranched alkanes of at least 4 members (excludes halogenated alkanes) is 1. The first-order valence-electron chi connectivity index (χ1n) is 7.40. The van der Waals surface area contributed by atoms with Gasteiger partial charge >= 0.3 is 0 Å². The molecule has 0 aliphatic carbocycles. The van der Waals surface area contributed by atoms with E-state index in [-0.39, 0.29) is 11.9 Å². The van der Waals surface area contributed by atoms with Crippen molar-refractivity contribution in [2.45, 2.75) is 45.8 Å². The Balaban J connectivity index is 2.75. The molecule has 0 bridgehead atoms. The Bertz CT molecular complexity index is 466. The number of rotatable bonds is 8. The highest BCUT2D eigenvalue weighted by atomic mass is 79.9. The number of amides is 1. The van der Waals surface area contributed by atoms with Crippen LogP contribution in [-0.4, -0.2) is 25.6 Å². The molecular weight excluding hydrogens is 332 g/mol. The molecule has 0 spiro atoms. The molecule has 2 N–H and O–H groups in total. The third-order valence-electron chi connectivity index (χ3n) is 3.37. The normalized spacial score (nSPS) is 13.6. The van der Waals surface area contributed by atoms with Gasteiger partial charge in [0.25, 0.3) is 5.91 Å². The second-order valence-corrected chi connectivity index (χ2v) is 6.01. The van der Waals surface area contributed by atoms with Gasteiger partial charge in [-0.25, -0.2) is 0 Å². The van der Waals surface area contributed by atoms with Crippen molar-refractivity contribution in [3.05, 3.63) is 28.2 Å². The SMILES string of the molecule is CCCCNC(=O)C(C)Oc1ccc(Br)cc1C(C)NC. The van der Waals surface area contributed by atoms with Gasteiger partial charge in [-0.05, 0) is 45.5 Å². The van der Waals surface area contributed by atoms with E-state index >= 15 is 0 Å². The zero-order chi connectivity index (χ0) is 15.8. The Morgan fingerprint density at radius 1 is 1.38 bits per heavy atom. The summed E-state index contributed by atoms with van der Waals surface area (Å²) in [5.74, 6) is 0.660. The Kier molecular flexibility index (Phi) is 7.75. The molecule has 118 valence electrons. The molecule has 0 radical (unpaired) electrons. The van der Waals surface area contributed by atoms with E-state index in [9.17, 15) is 4.79 Å². The summed E-state index contributed by atoms with van der Waals surface area (Å²) in [5, 5.41) is 6.08. The molecule has 2 atom stereocenters. The van der Waals surface area contributed by atoms with E-state index in [0.717, 1.165) is 28.6 Å². The molecule has 1 amide bonds. The van der Waals surface area contributed by atoms with E-state index < -0.39 is 6.10 Å². The highest BCUT2D eigenvalue weighted by Gasteiger charge is 2.18. The molecular formula is C16H25BrN2O2. The Morgan fingerprint density at radius 3 is 2.71 bits per heavy atom. The van der Waals surface area contributed by atoms with Crippen molar-refractivity contribution in [3.8, 4) is 5.75 Å². The van der Waals surface area contributed by atoms with Gasteiger partial charge in [0, 0.05) is 22.6 Å². The average molecular weight is 357 g/mol. The minimum absolute atomic E-state index is 0.0746. The van der Waals surface area contributed by atoms with Gasteiger partial charge in [0.15, 0.2) is 6.10 Å². The van der Waals surface area contributed by atoms with Crippen LogP contribution in [0.4, 0.5) is 0 Å². The van der Waals surface area contributed by atoms with Crippen LogP contribution in [-0.2, 0) is 4.79 Å². The summed E-state index contributed by atoms with van der Waals surface area (Å²) in [5.41, 5.74) is 1.03. The Hall–Kier alpha value is -1.07. The first-order valence-corrected chi connectivity index (χ1v) is 8.20. The summed E-state index contributed by atoms with van der Waals surface area (Å²) in [7, 11) is 1.90. The van der Waals surface area contributed by atoms with Crippen LogP contribution in [0.25, 0.3) is 0 Å². The van der Waals surface area contributed by atoms with E-state index in [0.29, 0.717) is 6.54 Å². The maximum Gasteiger partial charge on any atom is 0.260 e. The van der Waals surface area contributed by atoms with Crippen molar-refractivity contribution in [1.82, 2.24) is 10.6 Å². The fourth-order valence-corrected chi connectivity index (χ4v) is 2.28. The summed E-state index contributed by atoms with van der Waals surface area (Å²) in [6, 6.07) is 5.97. The van der Waals surface area contributed by atoms with Crippen molar-refractivity contribution in [2.75, 3.05) is 13.6 Å². The topological polar surface area (TPSA) is 50.4 Å². The molecule has 0 saturated heterocycles. The van der Waals surface area contributed by atoms with Crippen LogP contribution in [0.1, 0.15) is 45.2 Å². The molecule has 0 saturated carbocycles. The molecule has 21 heavy (non-hydrogen) atoms. The van der Waals surface area contributed by atoms with E-state index in [1.54, 1.807) is 6.92 Å². The quantitative estimate of drug-likeness (QED) is 0.701. The van der Waals surface area contributed by atoms with Crippen LogP contribution < -0.4 is 15.4 Å². The maximum absolute atomic E-state index is 12.0. The van der Waals surface area contributed by atoms with Crippen LogP contribution in [0.15, 0.2) is 22.7 Å². The number of benzene rings is 1. The smallest absolute Gasteiger partial charge is 0.260 e. The Labute approximate surface area is 135 Å². The van der Waals surface area contributed by atoms with E-state index in [4.69, 9.17) is 4.74 Å². The summed E-state index contributed by atoms with van der Waals surface area (Å²) < 4.78 is 6.84. The molecule has 0 aromatic heterocycles. The van der Waals surface area contributed by atoms with Gasteiger partial charge in [-0.3, -0.25) is 4.79 Å². The lowest BCUT2D eigenvalue weighted by Gasteiger charge is -2.20. The summed E-state index contributed by atoms with van der Waals surface area (Å²) >= 11 is 3.47. The third kappa shape index (κ3) is 5.67. The molecule has 5 heteroatoms. The second-order valence-electron chi connectivity index (χ2n) is 5.10. The first kappa shape index (κ1) is 18.0. The summed E-state index contributed by atoms with van der Waals surface area (Å²) in [4.78, 5) is 12.0. The first-order chi connectivity index (χ1) is 9.99. The minimum Gasteiger partial charge on any atom is -0.481 e. The van der Waals surface area contributed by atoms with E-state index in [1.165, 1.54) is 0 Å². The van der Waals surface area contributed by atoms with Crippen LogP contribution in [0, 0.1) is 0 Å². The van der Waals surface area contributed by atoms with Gasteiger partial charge in [-0.15, -0.1) is 0 Å². The Morgan fingerprint density at radius 2 is 2.10 bits per heavy atom. The molecule has 2 unspecified atom stereocenters. The highest BCUT2D eigenvalue weighted by molar-refractivity contribution is 9.10. The lowest BCUT2D eigenvalue weighted by Crippen LogP contribution is -2.37. The van der Waals surface area contributed by atoms with Gasteiger partial charge in [0.2, 0.25) is 0 Å². The predicted octanol–water partition coefficient (Wildman–Crippen LogP) is 3.41.